The van der Waals surface area contributed by atoms with Gasteiger partial charge in [-0.1, -0.05) is 69.6 Å². The largest absolute Gasteiger partial charge is 0.345 e. The molecule has 1 aliphatic rings. The fraction of sp³-hybridized carbons (Fsp3) is 0.273. The first-order valence-electron chi connectivity index (χ1n) is 4.86. The predicted molar refractivity (Wildman–Crippen MR) is 80.8 cm³/mol. The van der Waals surface area contributed by atoms with Crippen LogP contribution in [0.25, 0.3) is 5.03 Å². The maximum atomic E-state index is 6.21. The highest BCUT2D eigenvalue weighted by atomic mass is 35.5. The van der Waals surface area contributed by atoms with Crippen LogP contribution in [-0.2, 0) is 15.3 Å². The van der Waals surface area contributed by atoms with Gasteiger partial charge in [-0.05, 0) is 0 Å². The molecule has 104 valence electrons. The lowest BCUT2D eigenvalue weighted by atomic mass is 10.1. The molecule has 0 atom stereocenters. The highest BCUT2D eigenvalue weighted by Crippen LogP contribution is 2.58. The van der Waals surface area contributed by atoms with Gasteiger partial charge >= 0.3 is 0 Å². The van der Waals surface area contributed by atoms with Crippen LogP contribution in [0.4, 0.5) is 0 Å². The monoisotopic (exact) mass is 380 g/mol. The molecular formula is C11H6Cl6O2. The summed E-state index contributed by atoms with van der Waals surface area (Å²) in [5.41, 5.74) is 0.699. The molecule has 1 aromatic carbocycles. The van der Waals surface area contributed by atoms with E-state index >= 15 is 0 Å². The average molecular weight is 383 g/mol. The summed E-state index contributed by atoms with van der Waals surface area (Å²) in [4.78, 5) is 0. The van der Waals surface area contributed by atoms with Gasteiger partial charge in [-0.3, -0.25) is 0 Å². The zero-order chi connectivity index (χ0) is 14.5. The standard InChI is InChI=1S/C11H6Cl6O2/c1-18-11(19-2)4-3(6(13)10(11)17)5(12)8(15)9(16)7(4)14/h1-2H3. The van der Waals surface area contributed by atoms with E-state index in [0.29, 0.717) is 11.1 Å². The van der Waals surface area contributed by atoms with Gasteiger partial charge in [0.15, 0.2) is 0 Å². The molecule has 0 amide bonds. The topological polar surface area (TPSA) is 18.5 Å². The molecule has 2 nitrogen and oxygen atoms in total. The van der Waals surface area contributed by atoms with Crippen molar-refractivity contribution in [3.63, 3.8) is 0 Å². The van der Waals surface area contributed by atoms with Crippen LogP contribution >= 0.6 is 69.6 Å². The third-order valence-corrected chi connectivity index (χ3v) is 5.59. The molecule has 1 aliphatic carbocycles. The van der Waals surface area contributed by atoms with Crippen molar-refractivity contribution in [3.05, 3.63) is 36.2 Å². The number of hydrogen-bond acceptors (Lipinski definition) is 2. The fourth-order valence-corrected chi connectivity index (χ4v) is 3.75. The quantitative estimate of drug-likeness (QED) is 0.360. The lowest BCUT2D eigenvalue weighted by Crippen LogP contribution is -2.30. The van der Waals surface area contributed by atoms with Crippen LogP contribution < -0.4 is 0 Å². The zero-order valence-corrected chi connectivity index (χ0v) is 14.1. The van der Waals surface area contributed by atoms with E-state index < -0.39 is 5.79 Å². The first kappa shape index (κ1) is 16.0. The molecule has 0 bridgehead atoms. The van der Waals surface area contributed by atoms with Gasteiger partial charge in [0.05, 0.1) is 25.1 Å². The Morgan fingerprint density at radius 3 is 1.68 bits per heavy atom. The molecule has 0 spiro atoms. The van der Waals surface area contributed by atoms with Crippen molar-refractivity contribution in [2.75, 3.05) is 14.2 Å². The van der Waals surface area contributed by atoms with Crippen molar-refractivity contribution in [3.8, 4) is 0 Å². The minimum atomic E-state index is -1.44. The van der Waals surface area contributed by atoms with Crippen LogP contribution in [0.1, 0.15) is 11.1 Å². The second kappa shape index (κ2) is 5.43. The Morgan fingerprint density at radius 2 is 1.21 bits per heavy atom. The van der Waals surface area contributed by atoms with Crippen LogP contribution in [0.2, 0.25) is 20.1 Å². The first-order chi connectivity index (χ1) is 8.83. The Hall–Kier alpha value is 0.620. The maximum absolute atomic E-state index is 6.21. The molecule has 0 aromatic heterocycles. The van der Waals surface area contributed by atoms with Crippen molar-refractivity contribution in [2.24, 2.45) is 0 Å². The van der Waals surface area contributed by atoms with Gasteiger partial charge in [0, 0.05) is 25.3 Å². The molecule has 0 fully saturated rings. The summed E-state index contributed by atoms with van der Waals surface area (Å²) < 4.78 is 10.7. The number of fused-ring (bicyclic) bond motifs is 1. The normalized spacial score (nSPS) is 17.1. The number of halogens is 6. The number of rotatable bonds is 2. The van der Waals surface area contributed by atoms with E-state index in [4.69, 9.17) is 79.1 Å². The summed E-state index contributed by atoms with van der Waals surface area (Å²) in [6.07, 6.45) is 0. The molecule has 0 heterocycles. The van der Waals surface area contributed by atoms with Gasteiger partial charge in [-0.15, -0.1) is 0 Å². The van der Waals surface area contributed by atoms with Crippen LogP contribution in [-0.4, -0.2) is 14.2 Å². The van der Waals surface area contributed by atoms with E-state index in [9.17, 15) is 0 Å². The molecule has 0 N–H and O–H groups in total. The van der Waals surface area contributed by atoms with Crippen molar-refractivity contribution >= 4 is 74.6 Å². The van der Waals surface area contributed by atoms with Gasteiger partial charge in [0.2, 0.25) is 5.79 Å². The van der Waals surface area contributed by atoms with Crippen molar-refractivity contribution in [1.29, 1.82) is 0 Å². The fourth-order valence-electron chi connectivity index (χ4n) is 1.98. The predicted octanol–water partition coefficient (Wildman–Crippen LogP) is 5.91. The van der Waals surface area contributed by atoms with E-state index in [1.807, 2.05) is 0 Å². The molecule has 0 radical (unpaired) electrons. The molecule has 2 rings (SSSR count). The highest BCUT2D eigenvalue weighted by molar-refractivity contribution is 6.60. The molecule has 0 unspecified atom stereocenters. The summed E-state index contributed by atoms with van der Waals surface area (Å²) in [7, 11) is 2.80. The number of hydrogen-bond donors (Lipinski definition) is 0. The summed E-state index contributed by atoms with van der Waals surface area (Å²) in [6, 6.07) is 0. The van der Waals surface area contributed by atoms with Gasteiger partial charge in [0.1, 0.15) is 5.03 Å². The summed E-state index contributed by atoms with van der Waals surface area (Å²) in [6.45, 7) is 0. The van der Waals surface area contributed by atoms with Crippen LogP contribution in [0.15, 0.2) is 5.03 Å². The van der Waals surface area contributed by atoms with Crippen LogP contribution in [0.3, 0.4) is 0 Å². The second-order valence-electron chi connectivity index (χ2n) is 3.66. The third kappa shape index (κ3) is 2.01. The van der Waals surface area contributed by atoms with E-state index in [1.165, 1.54) is 14.2 Å². The third-order valence-electron chi connectivity index (χ3n) is 2.87. The minimum absolute atomic E-state index is 0.0846. The summed E-state index contributed by atoms with van der Waals surface area (Å²) in [5.74, 6) is -1.44. The minimum Gasteiger partial charge on any atom is -0.345 e. The van der Waals surface area contributed by atoms with Crippen molar-refractivity contribution < 1.29 is 9.47 Å². The average Bonchev–Trinajstić information content (AvgIpc) is 2.64. The molecular weight excluding hydrogens is 377 g/mol. The van der Waals surface area contributed by atoms with E-state index in [1.54, 1.807) is 0 Å². The molecule has 0 saturated carbocycles. The van der Waals surface area contributed by atoms with Crippen molar-refractivity contribution in [2.45, 2.75) is 5.79 Å². The zero-order valence-electron chi connectivity index (χ0n) is 9.58. The number of ether oxygens (including phenoxy) is 2. The van der Waals surface area contributed by atoms with Crippen LogP contribution in [0, 0.1) is 0 Å². The van der Waals surface area contributed by atoms with Gasteiger partial charge in [-0.2, -0.15) is 0 Å². The maximum Gasteiger partial charge on any atom is 0.236 e. The smallest absolute Gasteiger partial charge is 0.236 e. The highest BCUT2D eigenvalue weighted by Gasteiger charge is 2.49. The molecule has 0 aliphatic heterocycles. The molecule has 8 heteroatoms. The lowest BCUT2D eigenvalue weighted by molar-refractivity contribution is -0.179. The Kier molecular flexibility index (Phi) is 4.57. The first-order valence-corrected chi connectivity index (χ1v) is 7.13. The van der Waals surface area contributed by atoms with Gasteiger partial charge in [0.25, 0.3) is 0 Å². The Balaban J connectivity index is 2.96. The van der Waals surface area contributed by atoms with Gasteiger partial charge < -0.3 is 9.47 Å². The molecule has 1 aromatic rings. The van der Waals surface area contributed by atoms with Crippen LogP contribution in [0.5, 0.6) is 0 Å². The number of benzene rings is 1. The Morgan fingerprint density at radius 1 is 0.737 bits per heavy atom. The number of methoxy groups -OCH3 is 2. The second-order valence-corrected chi connectivity index (χ2v) is 5.93. The molecule has 0 saturated heterocycles. The van der Waals surface area contributed by atoms with E-state index in [-0.39, 0.29) is 30.2 Å². The lowest BCUT2D eigenvalue weighted by Gasteiger charge is -2.29. The summed E-state index contributed by atoms with van der Waals surface area (Å²) >= 11 is 36.8. The van der Waals surface area contributed by atoms with E-state index in [2.05, 4.69) is 0 Å². The Labute approximate surface area is 140 Å². The SMILES string of the molecule is COC1(OC)C(Cl)=C(Cl)c2c(Cl)c(Cl)c(Cl)c(Cl)c21. The van der Waals surface area contributed by atoms with Crippen molar-refractivity contribution in [1.82, 2.24) is 0 Å². The van der Waals surface area contributed by atoms with Gasteiger partial charge in [-0.25, -0.2) is 0 Å². The summed E-state index contributed by atoms with van der Waals surface area (Å²) in [5, 5.41) is 0.718. The van der Waals surface area contributed by atoms with E-state index in [0.717, 1.165) is 0 Å². The Bertz CT molecular complexity index is 592. The molecule has 19 heavy (non-hydrogen) atoms.